The molecule has 2 rings (SSSR count). The summed E-state index contributed by atoms with van der Waals surface area (Å²) in [6.45, 7) is 0. The van der Waals surface area contributed by atoms with Gasteiger partial charge in [0.25, 0.3) is 3.92 Å². The number of nitrogens with zero attached hydrogens (tertiary/aromatic N) is 2. The number of alkyl halides is 3. The highest BCUT2D eigenvalue weighted by atomic mass is 79.9. The van der Waals surface area contributed by atoms with E-state index >= 15 is 0 Å². The highest BCUT2D eigenvalue weighted by molar-refractivity contribution is 9.10. The molecule has 0 aromatic heterocycles. The fourth-order valence-electron chi connectivity index (χ4n) is 1.62. The first-order valence-electron chi connectivity index (χ1n) is 5.02. The number of amides is 2. The van der Waals surface area contributed by atoms with E-state index in [0.29, 0.717) is 5.69 Å². The molecule has 1 atom stereocenters. The fraction of sp³-hybridized carbons (Fsp3) is 0.200. The van der Waals surface area contributed by atoms with Crippen molar-refractivity contribution in [1.29, 1.82) is 0 Å². The second-order valence-electron chi connectivity index (χ2n) is 3.64. The largest absolute Gasteiger partial charge is 0.344 e. The topological polar surface area (TPSA) is 35.6 Å². The zero-order valence-electron chi connectivity index (χ0n) is 9.19. The molecule has 1 saturated heterocycles. The Kier molecular flexibility index (Phi) is 4.59. The van der Waals surface area contributed by atoms with Crippen LogP contribution < -0.4 is 10.3 Å². The van der Waals surface area contributed by atoms with Gasteiger partial charge in [0.15, 0.2) is 0 Å². The molecule has 1 unspecified atom stereocenters. The van der Waals surface area contributed by atoms with Gasteiger partial charge in [-0.05, 0) is 24.3 Å². The number of hydrogen-bond donors (Lipinski definition) is 1. The van der Waals surface area contributed by atoms with E-state index < -0.39 is 16.1 Å². The number of hydrogen-bond acceptors (Lipinski definition) is 3. The summed E-state index contributed by atoms with van der Waals surface area (Å²) in [5.41, 5.74) is 3.38. The number of rotatable bonds is 2. The number of urea groups is 1. The Labute approximate surface area is 138 Å². The van der Waals surface area contributed by atoms with Gasteiger partial charge in [-0.3, -0.25) is 4.90 Å². The second-order valence-corrected chi connectivity index (χ2v) is 7.05. The molecular weight excluding hydrogens is 396 g/mol. The van der Waals surface area contributed by atoms with Crippen molar-refractivity contribution in [2.45, 2.75) is 10.1 Å². The van der Waals surface area contributed by atoms with Crippen molar-refractivity contribution in [1.82, 2.24) is 10.4 Å². The van der Waals surface area contributed by atoms with Crippen LogP contribution in [0.5, 0.6) is 0 Å². The van der Waals surface area contributed by atoms with Crippen LogP contribution in [-0.4, -0.2) is 26.5 Å². The zero-order valence-corrected chi connectivity index (χ0v) is 13.9. The molecule has 1 heterocycles. The zero-order chi connectivity index (χ0) is 14.2. The maximum atomic E-state index is 12.3. The standard InChI is InChI=1S/C10H7BrCl3N3OS/c11-6-1-3-7(4-2-6)16-8(5-19)15-17(9(16)18)10(12,13)14/h1-5,8,15H. The van der Waals surface area contributed by atoms with Gasteiger partial charge < -0.3 is 0 Å². The Balaban J connectivity index is 2.36. The Morgan fingerprint density at radius 1 is 1.32 bits per heavy atom. The van der Waals surface area contributed by atoms with E-state index in [1.807, 2.05) is 0 Å². The number of hydrazine groups is 1. The average Bonchev–Trinajstić information content (AvgIpc) is 2.67. The summed E-state index contributed by atoms with van der Waals surface area (Å²) in [5, 5.41) is 2.30. The van der Waals surface area contributed by atoms with Gasteiger partial charge >= 0.3 is 6.03 Å². The summed E-state index contributed by atoms with van der Waals surface area (Å²) < 4.78 is -0.995. The lowest BCUT2D eigenvalue weighted by molar-refractivity contribution is 0.201. The van der Waals surface area contributed by atoms with E-state index in [1.54, 1.807) is 24.3 Å². The summed E-state index contributed by atoms with van der Waals surface area (Å²) in [4.78, 5) is 13.7. The first kappa shape index (κ1) is 15.3. The minimum absolute atomic E-state index is 0.492. The Morgan fingerprint density at radius 2 is 1.89 bits per heavy atom. The number of carbonyl (C=O) groups is 1. The number of anilines is 1. The van der Waals surface area contributed by atoms with E-state index in [2.05, 4.69) is 21.4 Å². The molecular formula is C10H7BrCl3N3OS. The molecule has 9 heteroatoms. The summed E-state index contributed by atoms with van der Waals surface area (Å²) in [5.74, 6) is 0. The quantitative estimate of drug-likeness (QED) is 0.463. The van der Waals surface area contributed by atoms with Crippen molar-refractivity contribution in [2.75, 3.05) is 4.90 Å². The van der Waals surface area contributed by atoms with Crippen LogP contribution in [0.15, 0.2) is 28.7 Å². The van der Waals surface area contributed by atoms with Gasteiger partial charge in [0.2, 0.25) is 0 Å². The van der Waals surface area contributed by atoms with Gasteiger partial charge in [-0.15, -0.1) is 0 Å². The lowest BCUT2D eigenvalue weighted by Crippen LogP contribution is -2.45. The van der Waals surface area contributed by atoms with Crippen LogP contribution in [0.2, 0.25) is 0 Å². The van der Waals surface area contributed by atoms with Crippen molar-refractivity contribution in [2.24, 2.45) is 0 Å². The third kappa shape index (κ3) is 3.15. The summed E-state index contributed by atoms with van der Waals surface area (Å²) in [6, 6.07) is 6.64. The van der Waals surface area contributed by atoms with E-state index in [4.69, 9.17) is 47.0 Å². The van der Waals surface area contributed by atoms with E-state index in [0.717, 1.165) is 9.48 Å². The average molecular weight is 404 g/mol. The Bertz CT molecular complexity index is 508. The molecule has 1 aromatic rings. The SMILES string of the molecule is O=C1N(c2ccc(Br)cc2)C(C=S)NN1C(Cl)(Cl)Cl. The van der Waals surface area contributed by atoms with Crippen LogP contribution in [0.1, 0.15) is 0 Å². The molecule has 19 heavy (non-hydrogen) atoms. The van der Waals surface area contributed by atoms with Gasteiger partial charge in [0.1, 0.15) is 6.17 Å². The summed E-state index contributed by atoms with van der Waals surface area (Å²) in [7, 11) is 0. The van der Waals surface area contributed by atoms with Crippen LogP contribution in [0.3, 0.4) is 0 Å². The number of benzene rings is 1. The third-order valence-corrected chi connectivity index (χ3v) is 3.72. The van der Waals surface area contributed by atoms with Crippen molar-refractivity contribution in [3.63, 3.8) is 0 Å². The van der Waals surface area contributed by atoms with E-state index in [9.17, 15) is 4.79 Å². The summed E-state index contributed by atoms with van der Waals surface area (Å²) >= 11 is 25.4. The number of halogens is 4. The van der Waals surface area contributed by atoms with Gasteiger partial charge in [-0.2, -0.15) is 5.43 Å². The van der Waals surface area contributed by atoms with Crippen LogP contribution in [0.4, 0.5) is 10.5 Å². The van der Waals surface area contributed by atoms with Gasteiger partial charge in [-0.1, -0.05) is 63.0 Å². The number of nitrogens with one attached hydrogen (secondary N) is 1. The summed E-state index contributed by atoms with van der Waals surface area (Å²) in [6.07, 6.45) is -0.556. The molecule has 0 saturated carbocycles. The predicted octanol–water partition coefficient (Wildman–Crippen LogP) is 3.85. The lowest BCUT2D eigenvalue weighted by Gasteiger charge is -2.23. The Morgan fingerprint density at radius 3 is 2.37 bits per heavy atom. The molecule has 1 aliphatic rings. The number of thiocarbonyl (C=S) groups is 1. The molecule has 1 N–H and O–H groups in total. The van der Waals surface area contributed by atoms with Crippen molar-refractivity contribution < 1.29 is 4.79 Å². The minimum Gasteiger partial charge on any atom is -0.271 e. The number of carbonyl (C=O) groups excluding carboxylic acids is 1. The van der Waals surface area contributed by atoms with Gasteiger partial charge in [0.05, 0.1) is 0 Å². The highest BCUT2D eigenvalue weighted by Gasteiger charge is 2.46. The molecule has 1 aliphatic heterocycles. The molecule has 4 nitrogen and oxygen atoms in total. The molecule has 102 valence electrons. The molecule has 0 aliphatic carbocycles. The van der Waals surface area contributed by atoms with Crippen LogP contribution in [0.25, 0.3) is 0 Å². The molecule has 1 aromatic carbocycles. The molecule has 0 spiro atoms. The van der Waals surface area contributed by atoms with Crippen molar-refractivity contribution in [3.05, 3.63) is 28.7 Å². The molecule has 2 amide bonds. The second kappa shape index (κ2) is 5.71. The van der Waals surface area contributed by atoms with Crippen LogP contribution in [-0.2, 0) is 0 Å². The van der Waals surface area contributed by atoms with Crippen molar-refractivity contribution >= 4 is 80.0 Å². The van der Waals surface area contributed by atoms with Crippen molar-refractivity contribution in [3.8, 4) is 0 Å². The maximum Gasteiger partial charge on any atom is 0.344 e. The Hall–Kier alpha value is -0.110. The lowest BCUT2D eigenvalue weighted by atomic mass is 10.3. The minimum atomic E-state index is -1.89. The molecule has 0 radical (unpaired) electrons. The predicted molar refractivity (Wildman–Crippen MR) is 84.7 cm³/mol. The smallest absolute Gasteiger partial charge is 0.271 e. The maximum absolute atomic E-state index is 12.3. The van der Waals surface area contributed by atoms with E-state index in [-0.39, 0.29) is 0 Å². The molecule has 1 fully saturated rings. The van der Waals surface area contributed by atoms with Gasteiger partial charge in [0, 0.05) is 15.5 Å². The van der Waals surface area contributed by atoms with Crippen LogP contribution >= 0.6 is 63.0 Å². The fourth-order valence-corrected chi connectivity index (χ4v) is 2.43. The van der Waals surface area contributed by atoms with E-state index in [1.165, 1.54) is 10.3 Å². The first-order chi connectivity index (χ1) is 8.84. The highest BCUT2D eigenvalue weighted by Crippen LogP contribution is 2.34. The monoisotopic (exact) mass is 401 g/mol. The third-order valence-electron chi connectivity index (χ3n) is 2.42. The van der Waals surface area contributed by atoms with Crippen LogP contribution in [0, 0.1) is 0 Å². The molecule has 0 bridgehead atoms. The van der Waals surface area contributed by atoms with Gasteiger partial charge in [-0.25, -0.2) is 9.80 Å². The first-order valence-corrected chi connectivity index (χ1v) is 7.41. The normalized spacial score (nSPS) is 20.0.